The number of aromatic amines is 1. The summed E-state index contributed by atoms with van der Waals surface area (Å²) in [5.74, 6) is 0.728. The van der Waals surface area contributed by atoms with Crippen molar-refractivity contribution < 1.29 is 9.66 Å². The largest absolute Gasteiger partial charge is 0.371 e. The van der Waals surface area contributed by atoms with E-state index in [1.54, 1.807) is 6.07 Å². The fourth-order valence-corrected chi connectivity index (χ4v) is 2.91. The normalized spacial score (nSPS) is 22.7. The van der Waals surface area contributed by atoms with Crippen molar-refractivity contribution in [1.82, 2.24) is 9.97 Å². The minimum Gasteiger partial charge on any atom is -0.371 e. The number of nitro groups is 1. The number of alkyl halides is 1. The van der Waals surface area contributed by atoms with Crippen molar-refractivity contribution in [3.8, 4) is 0 Å². The summed E-state index contributed by atoms with van der Waals surface area (Å²) in [6.45, 7) is 3.50. The zero-order chi connectivity index (χ0) is 15.0. The second-order valence-corrected chi connectivity index (χ2v) is 5.79. The van der Waals surface area contributed by atoms with Gasteiger partial charge in [0.1, 0.15) is 0 Å². The highest BCUT2D eigenvalue weighted by Crippen LogP contribution is 2.24. The summed E-state index contributed by atoms with van der Waals surface area (Å²) < 4.78 is 5.79. The van der Waals surface area contributed by atoms with Crippen molar-refractivity contribution in [2.45, 2.75) is 19.1 Å². The highest BCUT2D eigenvalue weighted by Gasteiger charge is 2.26. The van der Waals surface area contributed by atoms with Crippen LogP contribution < -0.4 is 4.90 Å². The lowest BCUT2D eigenvalue weighted by Crippen LogP contribution is -2.47. The molecule has 0 saturated carbocycles. The van der Waals surface area contributed by atoms with Gasteiger partial charge >= 0.3 is 0 Å². The monoisotopic (exact) mass is 354 g/mol. The van der Waals surface area contributed by atoms with Crippen molar-refractivity contribution in [3.63, 3.8) is 0 Å². The Hall–Kier alpha value is -1.67. The Labute approximate surface area is 129 Å². The average Bonchev–Trinajstić information content (AvgIpc) is 2.89. The molecule has 2 heterocycles. The third kappa shape index (κ3) is 2.86. The first-order chi connectivity index (χ1) is 10.1. The first kappa shape index (κ1) is 14.3. The lowest BCUT2D eigenvalue weighted by Gasteiger charge is -2.35. The minimum atomic E-state index is -0.405. The summed E-state index contributed by atoms with van der Waals surface area (Å²) in [5.41, 5.74) is 1.46. The maximum atomic E-state index is 10.8. The van der Waals surface area contributed by atoms with Crippen molar-refractivity contribution in [2.24, 2.45) is 0 Å². The standard InChI is InChI=1S/C13H15BrN4O3/c1-8-6-17(7-10(5-14)21-8)13-15-11-3-2-9(18(19)20)4-12(11)16-13/h2-4,8,10H,5-7H2,1H3,(H,15,16). The Bertz CT molecular complexity index is 674. The lowest BCUT2D eigenvalue weighted by atomic mass is 10.2. The molecule has 1 N–H and O–H groups in total. The second-order valence-electron chi connectivity index (χ2n) is 5.15. The number of hydrogen-bond donors (Lipinski definition) is 1. The van der Waals surface area contributed by atoms with E-state index in [0.29, 0.717) is 5.52 Å². The summed E-state index contributed by atoms with van der Waals surface area (Å²) >= 11 is 3.44. The van der Waals surface area contributed by atoms with Crippen LogP contribution in [0.25, 0.3) is 11.0 Å². The molecule has 0 spiro atoms. The molecule has 2 aromatic rings. The van der Waals surface area contributed by atoms with Crippen molar-refractivity contribution in [1.29, 1.82) is 0 Å². The van der Waals surface area contributed by atoms with Crippen LogP contribution >= 0.6 is 15.9 Å². The second kappa shape index (κ2) is 5.61. The SMILES string of the molecule is CC1CN(c2nc3ccc([N+](=O)[O-])cc3[nH]2)CC(CBr)O1. The van der Waals surface area contributed by atoms with E-state index in [4.69, 9.17) is 4.74 Å². The van der Waals surface area contributed by atoms with Crippen molar-refractivity contribution in [2.75, 3.05) is 23.3 Å². The minimum absolute atomic E-state index is 0.0615. The molecule has 0 aliphatic carbocycles. The van der Waals surface area contributed by atoms with Crippen LogP contribution in [0.15, 0.2) is 18.2 Å². The van der Waals surface area contributed by atoms with Crippen LogP contribution in [0.4, 0.5) is 11.6 Å². The molecule has 8 heteroatoms. The number of benzene rings is 1. The van der Waals surface area contributed by atoms with Gasteiger partial charge in [0.05, 0.1) is 28.2 Å². The van der Waals surface area contributed by atoms with Gasteiger partial charge in [-0.1, -0.05) is 15.9 Å². The molecule has 1 aliphatic rings. The third-order valence-corrected chi connectivity index (χ3v) is 4.18. The molecule has 112 valence electrons. The highest BCUT2D eigenvalue weighted by atomic mass is 79.9. The number of fused-ring (bicyclic) bond motifs is 1. The van der Waals surface area contributed by atoms with Crippen LogP contribution in [0.1, 0.15) is 6.92 Å². The number of H-pyrrole nitrogens is 1. The van der Waals surface area contributed by atoms with Gasteiger partial charge in [-0.3, -0.25) is 10.1 Å². The molecule has 1 aromatic carbocycles. The number of morpholine rings is 1. The molecule has 3 rings (SSSR count). The number of nitrogens with zero attached hydrogens (tertiary/aromatic N) is 3. The van der Waals surface area contributed by atoms with Crippen LogP contribution in [0.3, 0.4) is 0 Å². The van der Waals surface area contributed by atoms with Crippen LogP contribution in [-0.4, -0.2) is 45.5 Å². The number of anilines is 1. The molecule has 1 aromatic heterocycles. The molecule has 2 unspecified atom stereocenters. The summed E-state index contributed by atoms with van der Waals surface area (Å²) in [6.07, 6.45) is 0.222. The maximum absolute atomic E-state index is 10.8. The van der Waals surface area contributed by atoms with Gasteiger partial charge in [-0.2, -0.15) is 0 Å². The Morgan fingerprint density at radius 1 is 1.57 bits per heavy atom. The highest BCUT2D eigenvalue weighted by molar-refractivity contribution is 9.09. The van der Waals surface area contributed by atoms with E-state index in [9.17, 15) is 10.1 Å². The molecule has 21 heavy (non-hydrogen) atoms. The molecule has 1 aliphatic heterocycles. The van der Waals surface area contributed by atoms with E-state index in [0.717, 1.165) is 29.9 Å². The molecule has 1 saturated heterocycles. The van der Waals surface area contributed by atoms with Crippen molar-refractivity contribution in [3.05, 3.63) is 28.3 Å². The summed E-state index contributed by atoms with van der Waals surface area (Å²) in [4.78, 5) is 20.2. The van der Waals surface area contributed by atoms with Gasteiger partial charge in [0.25, 0.3) is 5.69 Å². The molecule has 0 radical (unpaired) electrons. The van der Waals surface area contributed by atoms with E-state index in [-0.39, 0.29) is 17.9 Å². The first-order valence-electron chi connectivity index (χ1n) is 6.67. The number of hydrogen-bond acceptors (Lipinski definition) is 5. The van der Waals surface area contributed by atoms with Crippen LogP contribution in [0, 0.1) is 10.1 Å². The molecule has 0 bridgehead atoms. The van der Waals surface area contributed by atoms with Gasteiger partial charge in [0.2, 0.25) is 5.95 Å². The molecule has 2 atom stereocenters. The Morgan fingerprint density at radius 2 is 2.38 bits per heavy atom. The zero-order valence-electron chi connectivity index (χ0n) is 11.5. The number of imidazole rings is 1. The number of rotatable bonds is 3. The predicted molar refractivity (Wildman–Crippen MR) is 83.1 cm³/mol. The molecular weight excluding hydrogens is 340 g/mol. The molecule has 0 amide bonds. The van der Waals surface area contributed by atoms with E-state index >= 15 is 0 Å². The topological polar surface area (TPSA) is 84.3 Å². The number of non-ortho nitro benzene ring substituents is 1. The Kier molecular flexibility index (Phi) is 3.81. The Balaban J connectivity index is 1.91. The molecule has 1 fully saturated rings. The molecular formula is C13H15BrN4O3. The number of ether oxygens (including phenoxy) is 1. The van der Waals surface area contributed by atoms with Gasteiger partial charge in [0.15, 0.2) is 0 Å². The number of halogens is 1. The third-order valence-electron chi connectivity index (χ3n) is 3.46. The number of aromatic nitrogens is 2. The molecule has 7 nitrogen and oxygen atoms in total. The summed E-state index contributed by atoms with van der Waals surface area (Å²) in [7, 11) is 0. The quantitative estimate of drug-likeness (QED) is 0.519. The van der Waals surface area contributed by atoms with Gasteiger partial charge in [-0.25, -0.2) is 4.98 Å². The van der Waals surface area contributed by atoms with Gasteiger partial charge in [-0.15, -0.1) is 0 Å². The van der Waals surface area contributed by atoms with Gasteiger partial charge < -0.3 is 14.6 Å². The Morgan fingerprint density at radius 3 is 3.10 bits per heavy atom. The smallest absolute Gasteiger partial charge is 0.271 e. The predicted octanol–water partition coefficient (Wildman–Crippen LogP) is 2.46. The number of nitro benzene ring substituents is 1. The van der Waals surface area contributed by atoms with E-state index in [1.165, 1.54) is 12.1 Å². The first-order valence-corrected chi connectivity index (χ1v) is 7.79. The van der Waals surface area contributed by atoms with Gasteiger partial charge in [0, 0.05) is 30.6 Å². The van der Waals surface area contributed by atoms with Crippen LogP contribution in [0.5, 0.6) is 0 Å². The average molecular weight is 355 g/mol. The van der Waals surface area contributed by atoms with E-state index in [1.807, 2.05) is 6.92 Å². The summed E-state index contributed by atoms with van der Waals surface area (Å²) in [6, 6.07) is 4.65. The lowest BCUT2D eigenvalue weighted by molar-refractivity contribution is -0.384. The summed E-state index contributed by atoms with van der Waals surface area (Å²) in [5, 5.41) is 11.6. The van der Waals surface area contributed by atoms with E-state index < -0.39 is 4.92 Å². The fraction of sp³-hybridized carbons (Fsp3) is 0.462. The number of nitrogens with one attached hydrogen (secondary N) is 1. The maximum Gasteiger partial charge on any atom is 0.271 e. The van der Waals surface area contributed by atoms with Crippen LogP contribution in [0.2, 0.25) is 0 Å². The zero-order valence-corrected chi connectivity index (χ0v) is 13.0. The van der Waals surface area contributed by atoms with Crippen molar-refractivity contribution >= 4 is 38.6 Å². The fourth-order valence-electron chi connectivity index (χ4n) is 2.55. The van der Waals surface area contributed by atoms with E-state index in [2.05, 4.69) is 30.8 Å². The van der Waals surface area contributed by atoms with Crippen LogP contribution in [-0.2, 0) is 4.74 Å². The van der Waals surface area contributed by atoms with Gasteiger partial charge in [-0.05, 0) is 13.0 Å².